The van der Waals surface area contributed by atoms with E-state index in [0.717, 1.165) is 24.6 Å². The van der Waals surface area contributed by atoms with Crippen molar-refractivity contribution in [2.75, 3.05) is 5.33 Å². The second kappa shape index (κ2) is 2.62. The number of hydrogen-bond acceptors (Lipinski definition) is 1. The van der Waals surface area contributed by atoms with E-state index in [4.69, 9.17) is 0 Å². The van der Waals surface area contributed by atoms with Crippen LogP contribution in [-0.4, -0.2) is 11.1 Å². The van der Waals surface area contributed by atoms with Crippen LogP contribution in [0, 0.1) is 5.92 Å². The lowest BCUT2D eigenvalue weighted by Crippen LogP contribution is -1.94. The lowest BCUT2D eigenvalue weighted by Gasteiger charge is -1.97. The average Bonchev–Trinajstić information content (AvgIpc) is 2.14. The summed E-state index contributed by atoms with van der Waals surface area (Å²) in [6, 6.07) is 0. The molecule has 0 aromatic heterocycles. The van der Waals surface area contributed by atoms with Gasteiger partial charge in [-0.3, -0.25) is 4.79 Å². The summed E-state index contributed by atoms with van der Waals surface area (Å²) < 4.78 is 0. The number of carbonyl (C=O) groups is 1. The smallest absolute Gasteiger partial charge is 0.133 e. The third-order valence-corrected chi connectivity index (χ3v) is 2.48. The van der Waals surface area contributed by atoms with Gasteiger partial charge in [0.25, 0.3) is 0 Å². The highest BCUT2D eigenvalue weighted by atomic mass is 79.9. The Kier molecular flexibility index (Phi) is 2.06. The van der Waals surface area contributed by atoms with Gasteiger partial charge < -0.3 is 0 Å². The minimum atomic E-state index is 0.439. The van der Waals surface area contributed by atoms with Crippen LogP contribution in [-0.2, 0) is 4.79 Å². The standard InChI is InChI=1S/C6H9BrO/c7-4-5-1-2-6(8)3-5/h5H,1-4H2/t5-/m1/s1. The SMILES string of the molecule is O=C1CC[C@@H](CBr)C1. The molecular weight excluding hydrogens is 168 g/mol. The summed E-state index contributed by atoms with van der Waals surface area (Å²) in [5.74, 6) is 1.08. The molecule has 1 aliphatic rings. The zero-order valence-electron chi connectivity index (χ0n) is 4.69. The van der Waals surface area contributed by atoms with Gasteiger partial charge in [0.15, 0.2) is 0 Å². The Morgan fingerprint density at radius 2 is 2.50 bits per heavy atom. The van der Waals surface area contributed by atoms with Gasteiger partial charge in [-0.15, -0.1) is 0 Å². The molecule has 0 N–H and O–H groups in total. The maximum Gasteiger partial charge on any atom is 0.133 e. The van der Waals surface area contributed by atoms with E-state index in [1.54, 1.807) is 0 Å². The molecule has 1 nitrogen and oxygen atoms in total. The highest BCUT2D eigenvalue weighted by Crippen LogP contribution is 2.22. The van der Waals surface area contributed by atoms with E-state index in [-0.39, 0.29) is 0 Å². The fourth-order valence-electron chi connectivity index (χ4n) is 1.02. The van der Waals surface area contributed by atoms with Gasteiger partial charge in [0.1, 0.15) is 5.78 Å². The zero-order valence-corrected chi connectivity index (χ0v) is 6.28. The number of carbonyl (C=O) groups excluding carboxylic acids is 1. The minimum Gasteiger partial charge on any atom is -0.300 e. The normalized spacial score (nSPS) is 29.1. The third kappa shape index (κ3) is 1.31. The topological polar surface area (TPSA) is 17.1 Å². The van der Waals surface area contributed by atoms with Crippen molar-refractivity contribution in [2.24, 2.45) is 5.92 Å². The Balaban J connectivity index is 2.32. The Bertz CT molecular complexity index is 101. The van der Waals surface area contributed by atoms with Crippen molar-refractivity contribution < 1.29 is 4.79 Å². The molecule has 0 heterocycles. The predicted octanol–water partition coefficient (Wildman–Crippen LogP) is 1.75. The van der Waals surface area contributed by atoms with E-state index >= 15 is 0 Å². The minimum absolute atomic E-state index is 0.439. The largest absolute Gasteiger partial charge is 0.300 e. The van der Waals surface area contributed by atoms with E-state index < -0.39 is 0 Å². The number of ketones is 1. The first-order valence-electron chi connectivity index (χ1n) is 2.90. The molecule has 2 heteroatoms. The molecule has 0 amide bonds. The first-order chi connectivity index (χ1) is 3.83. The lowest BCUT2D eigenvalue weighted by molar-refractivity contribution is -0.117. The van der Waals surface area contributed by atoms with Gasteiger partial charge in [-0.2, -0.15) is 0 Å². The van der Waals surface area contributed by atoms with Crippen molar-refractivity contribution >= 4 is 21.7 Å². The summed E-state index contributed by atoms with van der Waals surface area (Å²) in [7, 11) is 0. The predicted molar refractivity (Wildman–Crippen MR) is 36.1 cm³/mol. The molecule has 1 aliphatic carbocycles. The second-order valence-electron chi connectivity index (χ2n) is 2.30. The molecule has 0 spiro atoms. The Morgan fingerprint density at radius 3 is 2.75 bits per heavy atom. The van der Waals surface area contributed by atoms with Crippen LogP contribution < -0.4 is 0 Å². The summed E-state index contributed by atoms with van der Waals surface area (Å²) in [6.07, 6.45) is 2.73. The lowest BCUT2D eigenvalue weighted by atomic mass is 10.1. The van der Waals surface area contributed by atoms with Gasteiger partial charge in [0.05, 0.1) is 0 Å². The molecule has 1 fully saturated rings. The average molecular weight is 177 g/mol. The van der Waals surface area contributed by atoms with Crippen LogP contribution in [0.5, 0.6) is 0 Å². The highest BCUT2D eigenvalue weighted by molar-refractivity contribution is 9.09. The van der Waals surface area contributed by atoms with Gasteiger partial charge in [0, 0.05) is 18.2 Å². The molecule has 1 rings (SSSR count). The Hall–Kier alpha value is 0.150. The quantitative estimate of drug-likeness (QED) is 0.557. The van der Waals surface area contributed by atoms with Crippen LogP contribution in [0.25, 0.3) is 0 Å². The first kappa shape index (κ1) is 6.27. The molecule has 0 aromatic carbocycles. The summed E-state index contributed by atoms with van der Waals surface area (Å²) in [5, 5.41) is 0.999. The fourth-order valence-corrected chi connectivity index (χ4v) is 1.58. The molecular formula is C6H9BrO. The van der Waals surface area contributed by atoms with Gasteiger partial charge in [-0.1, -0.05) is 15.9 Å². The molecule has 0 aliphatic heterocycles. The van der Waals surface area contributed by atoms with Crippen LogP contribution in [0.2, 0.25) is 0 Å². The number of hydrogen-bond donors (Lipinski definition) is 0. The fraction of sp³-hybridized carbons (Fsp3) is 0.833. The van der Waals surface area contributed by atoms with E-state index in [1.165, 1.54) is 0 Å². The van der Waals surface area contributed by atoms with Gasteiger partial charge in [-0.25, -0.2) is 0 Å². The monoisotopic (exact) mass is 176 g/mol. The summed E-state index contributed by atoms with van der Waals surface area (Å²) in [6.45, 7) is 0. The van der Waals surface area contributed by atoms with Crippen molar-refractivity contribution in [3.8, 4) is 0 Å². The molecule has 0 saturated heterocycles. The third-order valence-electron chi connectivity index (χ3n) is 1.57. The van der Waals surface area contributed by atoms with Gasteiger partial charge in [0.2, 0.25) is 0 Å². The molecule has 8 heavy (non-hydrogen) atoms. The van der Waals surface area contributed by atoms with Crippen LogP contribution in [0.4, 0.5) is 0 Å². The number of Topliss-reactive ketones (excluding diaryl/α,β-unsaturated/α-hetero) is 1. The van der Waals surface area contributed by atoms with Crippen LogP contribution in [0.15, 0.2) is 0 Å². The van der Waals surface area contributed by atoms with Gasteiger partial charge >= 0.3 is 0 Å². The van der Waals surface area contributed by atoms with Crippen LogP contribution in [0.3, 0.4) is 0 Å². The van der Waals surface area contributed by atoms with Crippen molar-refractivity contribution in [3.05, 3.63) is 0 Å². The molecule has 0 unspecified atom stereocenters. The van der Waals surface area contributed by atoms with E-state index in [1.807, 2.05) is 0 Å². The molecule has 0 bridgehead atoms. The highest BCUT2D eigenvalue weighted by Gasteiger charge is 2.20. The molecule has 46 valence electrons. The summed E-state index contributed by atoms with van der Waals surface area (Å²) in [5.41, 5.74) is 0. The maximum atomic E-state index is 10.6. The van der Waals surface area contributed by atoms with E-state index in [0.29, 0.717) is 11.7 Å². The molecule has 0 aromatic rings. The van der Waals surface area contributed by atoms with Crippen molar-refractivity contribution in [1.29, 1.82) is 0 Å². The van der Waals surface area contributed by atoms with Crippen molar-refractivity contribution in [3.63, 3.8) is 0 Å². The van der Waals surface area contributed by atoms with Crippen LogP contribution >= 0.6 is 15.9 Å². The van der Waals surface area contributed by atoms with E-state index in [9.17, 15) is 4.79 Å². The molecule has 1 saturated carbocycles. The summed E-state index contributed by atoms with van der Waals surface area (Å²) in [4.78, 5) is 10.6. The number of halogens is 1. The molecule has 0 radical (unpaired) electrons. The van der Waals surface area contributed by atoms with Crippen molar-refractivity contribution in [2.45, 2.75) is 19.3 Å². The Labute approximate surface area is 57.6 Å². The zero-order chi connectivity index (χ0) is 5.98. The van der Waals surface area contributed by atoms with Crippen LogP contribution in [0.1, 0.15) is 19.3 Å². The van der Waals surface area contributed by atoms with Crippen molar-refractivity contribution in [1.82, 2.24) is 0 Å². The number of rotatable bonds is 1. The summed E-state index contributed by atoms with van der Waals surface area (Å²) >= 11 is 3.35. The Morgan fingerprint density at radius 1 is 1.75 bits per heavy atom. The first-order valence-corrected chi connectivity index (χ1v) is 4.02. The molecule has 1 atom stereocenters. The maximum absolute atomic E-state index is 10.6. The number of alkyl halides is 1. The van der Waals surface area contributed by atoms with E-state index in [2.05, 4.69) is 15.9 Å². The second-order valence-corrected chi connectivity index (χ2v) is 2.95. The van der Waals surface area contributed by atoms with Gasteiger partial charge in [-0.05, 0) is 12.3 Å².